The van der Waals surface area contributed by atoms with Crippen molar-refractivity contribution < 1.29 is 17.9 Å². The minimum atomic E-state index is -3.61. The summed E-state index contributed by atoms with van der Waals surface area (Å²) in [5.74, 6) is -1.02. The number of para-hydroxylation sites is 1. The first-order valence-electron chi connectivity index (χ1n) is 6.72. The predicted octanol–water partition coefficient (Wildman–Crippen LogP) is 2.49. The van der Waals surface area contributed by atoms with Gasteiger partial charge in [0.25, 0.3) is 0 Å². The summed E-state index contributed by atoms with van der Waals surface area (Å²) in [6.07, 6.45) is 3.65. The molecule has 5 nitrogen and oxygen atoms in total. The summed E-state index contributed by atoms with van der Waals surface area (Å²) in [6.45, 7) is 0. The first-order chi connectivity index (χ1) is 9.99. The number of carbonyl (C=O) groups excluding carboxylic acids is 1. The van der Waals surface area contributed by atoms with Crippen molar-refractivity contribution >= 4 is 33.4 Å². The monoisotopic (exact) mass is 329 g/mol. The largest absolute Gasteiger partial charge is 0.469 e. The highest BCUT2D eigenvalue weighted by atomic mass is 32.2. The zero-order chi connectivity index (χ0) is 15.5. The summed E-state index contributed by atoms with van der Waals surface area (Å²) in [7, 11) is -2.32. The van der Waals surface area contributed by atoms with Crippen LogP contribution in [0.25, 0.3) is 0 Å². The fourth-order valence-corrected chi connectivity index (χ4v) is 5.09. The smallest absolute Gasteiger partial charge is 0.310 e. The van der Waals surface area contributed by atoms with Gasteiger partial charge in [0.05, 0.1) is 24.0 Å². The molecule has 0 radical (unpaired) electrons. The number of hydrogen-bond donors (Lipinski definition) is 1. The number of hydrogen-bond acceptors (Lipinski definition) is 5. The number of methoxy groups -OCH3 is 1. The van der Waals surface area contributed by atoms with Gasteiger partial charge in [-0.25, -0.2) is 8.42 Å². The van der Waals surface area contributed by atoms with E-state index in [4.69, 9.17) is 4.74 Å². The van der Waals surface area contributed by atoms with E-state index in [1.165, 1.54) is 18.9 Å². The first-order valence-corrected chi connectivity index (χ1v) is 9.49. The van der Waals surface area contributed by atoms with Gasteiger partial charge in [-0.3, -0.25) is 9.52 Å². The van der Waals surface area contributed by atoms with Gasteiger partial charge in [0.15, 0.2) is 0 Å². The van der Waals surface area contributed by atoms with Crippen LogP contribution in [0.4, 0.5) is 5.69 Å². The van der Waals surface area contributed by atoms with Gasteiger partial charge in [-0.15, -0.1) is 11.8 Å². The quantitative estimate of drug-likeness (QED) is 0.664. The van der Waals surface area contributed by atoms with Crippen molar-refractivity contribution in [1.29, 1.82) is 0 Å². The number of esters is 1. The maximum Gasteiger partial charge on any atom is 0.310 e. The molecular weight excluding hydrogens is 310 g/mol. The second kappa shape index (κ2) is 6.70. The minimum Gasteiger partial charge on any atom is -0.469 e. The summed E-state index contributed by atoms with van der Waals surface area (Å²) in [6, 6.07) is 7.22. The van der Waals surface area contributed by atoms with Crippen LogP contribution in [0.2, 0.25) is 0 Å². The van der Waals surface area contributed by atoms with E-state index in [-0.39, 0.29) is 0 Å². The van der Waals surface area contributed by atoms with Crippen LogP contribution >= 0.6 is 11.8 Å². The van der Waals surface area contributed by atoms with Crippen LogP contribution in [-0.4, -0.2) is 33.0 Å². The number of carbonyl (C=O) groups is 1. The molecule has 0 aliphatic heterocycles. The summed E-state index contributed by atoms with van der Waals surface area (Å²) >= 11 is 1.47. The van der Waals surface area contributed by atoms with Gasteiger partial charge in [-0.05, 0) is 31.2 Å². The predicted molar refractivity (Wildman–Crippen MR) is 83.9 cm³/mol. The Hall–Kier alpha value is -1.21. The zero-order valence-corrected chi connectivity index (χ0v) is 13.7. The van der Waals surface area contributed by atoms with Crippen molar-refractivity contribution in [2.24, 2.45) is 5.92 Å². The fraction of sp³-hybridized carbons (Fsp3) is 0.500. The van der Waals surface area contributed by atoms with Gasteiger partial charge in [-0.1, -0.05) is 18.6 Å². The molecule has 116 valence electrons. The molecule has 7 heteroatoms. The lowest BCUT2D eigenvalue weighted by molar-refractivity contribution is -0.145. The zero-order valence-electron chi connectivity index (χ0n) is 12.0. The van der Waals surface area contributed by atoms with Crippen LogP contribution < -0.4 is 4.72 Å². The van der Waals surface area contributed by atoms with E-state index in [0.29, 0.717) is 18.5 Å². The van der Waals surface area contributed by atoms with Gasteiger partial charge in [0, 0.05) is 4.90 Å². The summed E-state index contributed by atoms with van der Waals surface area (Å²) in [5, 5.41) is -0.722. The molecule has 1 fully saturated rings. The average molecular weight is 329 g/mol. The topological polar surface area (TPSA) is 72.5 Å². The lowest BCUT2D eigenvalue weighted by Crippen LogP contribution is -2.35. The van der Waals surface area contributed by atoms with Crippen molar-refractivity contribution in [1.82, 2.24) is 0 Å². The van der Waals surface area contributed by atoms with Gasteiger partial charge in [0.1, 0.15) is 0 Å². The van der Waals surface area contributed by atoms with E-state index in [2.05, 4.69) is 4.72 Å². The van der Waals surface area contributed by atoms with Crippen molar-refractivity contribution in [3.8, 4) is 0 Å². The van der Waals surface area contributed by atoms with Gasteiger partial charge < -0.3 is 4.74 Å². The Kier molecular flexibility index (Phi) is 5.16. The molecule has 1 N–H and O–H groups in total. The molecule has 0 heterocycles. The van der Waals surface area contributed by atoms with Crippen LogP contribution in [0.3, 0.4) is 0 Å². The molecule has 2 rings (SSSR count). The second-order valence-electron chi connectivity index (χ2n) is 4.95. The number of thioether (sulfide) groups is 1. The van der Waals surface area contributed by atoms with Crippen LogP contribution in [0, 0.1) is 5.92 Å². The molecule has 0 amide bonds. The van der Waals surface area contributed by atoms with Crippen LogP contribution in [0.15, 0.2) is 29.2 Å². The molecule has 1 saturated carbocycles. The molecule has 0 aromatic heterocycles. The van der Waals surface area contributed by atoms with Gasteiger partial charge in [-0.2, -0.15) is 0 Å². The Labute approximate surface area is 129 Å². The lowest BCUT2D eigenvalue weighted by Gasteiger charge is -2.20. The Bertz CT molecular complexity index is 615. The van der Waals surface area contributed by atoms with Gasteiger partial charge >= 0.3 is 5.97 Å². The Morgan fingerprint density at radius 2 is 2.05 bits per heavy atom. The van der Waals surface area contributed by atoms with Crippen molar-refractivity contribution in [2.45, 2.75) is 29.4 Å². The Morgan fingerprint density at radius 1 is 1.33 bits per heavy atom. The van der Waals surface area contributed by atoms with E-state index >= 15 is 0 Å². The molecule has 1 aromatic carbocycles. The summed E-state index contributed by atoms with van der Waals surface area (Å²) < 4.78 is 32.5. The second-order valence-corrected chi connectivity index (χ2v) is 7.69. The number of rotatable bonds is 5. The number of benzene rings is 1. The molecular formula is C14H19NO4S2. The van der Waals surface area contributed by atoms with Crippen molar-refractivity contribution in [2.75, 3.05) is 18.1 Å². The van der Waals surface area contributed by atoms with E-state index in [9.17, 15) is 13.2 Å². The molecule has 0 bridgehead atoms. The normalized spacial score (nSPS) is 22.0. The third-order valence-corrected chi connectivity index (χ3v) is 6.38. The molecule has 0 saturated heterocycles. The van der Waals surface area contributed by atoms with Crippen LogP contribution in [0.1, 0.15) is 19.3 Å². The fourth-order valence-electron chi connectivity index (χ4n) is 2.68. The Morgan fingerprint density at radius 3 is 2.71 bits per heavy atom. The maximum atomic E-state index is 12.6. The molecule has 2 atom stereocenters. The highest BCUT2D eigenvalue weighted by Gasteiger charge is 2.42. The van der Waals surface area contributed by atoms with E-state index in [1.807, 2.05) is 18.4 Å². The van der Waals surface area contributed by atoms with Crippen LogP contribution in [-0.2, 0) is 19.6 Å². The lowest BCUT2D eigenvalue weighted by atomic mass is 10.1. The first kappa shape index (κ1) is 16.2. The molecule has 1 aliphatic carbocycles. The summed E-state index contributed by atoms with van der Waals surface area (Å²) in [5.41, 5.74) is 0.556. The highest BCUT2D eigenvalue weighted by molar-refractivity contribution is 7.99. The Balaban J connectivity index is 2.24. The number of nitrogens with one attached hydrogen (secondary N) is 1. The third kappa shape index (κ3) is 3.52. The standard InChI is InChI=1S/C14H19NO4S2/c1-19-14(16)10-6-5-9-13(10)21(17,18)15-11-7-3-4-8-12(11)20-2/h3-4,7-8,10,13,15H,5-6,9H2,1-2H3. The van der Waals surface area contributed by atoms with E-state index in [1.54, 1.807) is 12.1 Å². The molecule has 21 heavy (non-hydrogen) atoms. The van der Waals surface area contributed by atoms with E-state index in [0.717, 1.165) is 11.3 Å². The average Bonchev–Trinajstić information content (AvgIpc) is 2.97. The van der Waals surface area contributed by atoms with Crippen LogP contribution in [0.5, 0.6) is 0 Å². The minimum absolute atomic E-state index is 0.443. The number of anilines is 1. The SMILES string of the molecule is COC(=O)C1CCCC1S(=O)(=O)Nc1ccccc1SC. The van der Waals surface area contributed by atoms with E-state index < -0.39 is 27.2 Å². The highest BCUT2D eigenvalue weighted by Crippen LogP contribution is 2.34. The molecule has 1 aromatic rings. The maximum absolute atomic E-state index is 12.6. The molecule has 2 unspecified atom stereocenters. The molecule has 0 spiro atoms. The van der Waals surface area contributed by atoms with Crippen molar-refractivity contribution in [3.05, 3.63) is 24.3 Å². The van der Waals surface area contributed by atoms with Crippen molar-refractivity contribution in [3.63, 3.8) is 0 Å². The summed E-state index contributed by atoms with van der Waals surface area (Å²) in [4.78, 5) is 12.6. The van der Waals surface area contributed by atoms with Gasteiger partial charge in [0.2, 0.25) is 10.0 Å². The number of ether oxygens (including phenoxy) is 1. The number of sulfonamides is 1. The molecule has 1 aliphatic rings. The third-order valence-electron chi connectivity index (χ3n) is 3.71.